The van der Waals surface area contributed by atoms with Crippen molar-refractivity contribution in [3.63, 3.8) is 0 Å². The normalized spacial score (nSPS) is 19.7. The number of carbonyl (C=O) groups excluding carboxylic acids is 1. The number of anilines is 2. The minimum Gasteiger partial charge on any atom is -0.370 e. The Morgan fingerprint density at radius 3 is 2.80 bits per heavy atom. The number of nitrogens with one attached hydrogen (secondary N) is 2. The van der Waals surface area contributed by atoms with Crippen LogP contribution in [0.2, 0.25) is 0 Å². The summed E-state index contributed by atoms with van der Waals surface area (Å²) < 4.78 is 18.3. The molecule has 6 nitrogen and oxygen atoms in total. The number of halogens is 1. The van der Waals surface area contributed by atoms with Gasteiger partial charge in [-0.1, -0.05) is 36.4 Å². The molecule has 8 heteroatoms. The molecule has 0 saturated carbocycles. The maximum absolute atomic E-state index is 15.3. The van der Waals surface area contributed by atoms with Crippen LogP contribution in [0.5, 0.6) is 0 Å². The predicted octanol–water partition coefficient (Wildman–Crippen LogP) is 5.45. The van der Waals surface area contributed by atoms with E-state index in [0.29, 0.717) is 34.3 Å². The van der Waals surface area contributed by atoms with Gasteiger partial charge in [-0.3, -0.25) is 9.52 Å². The summed E-state index contributed by atoms with van der Waals surface area (Å²) in [5.74, 6) is 0.821. The zero-order valence-corrected chi connectivity index (χ0v) is 20.9. The fourth-order valence-corrected chi connectivity index (χ4v) is 5.72. The Morgan fingerprint density at radius 2 is 1.97 bits per heavy atom. The van der Waals surface area contributed by atoms with E-state index < -0.39 is 5.95 Å². The highest BCUT2D eigenvalue weighted by atomic mass is 32.2. The number of nitrogens with zero attached hydrogens (tertiary/aromatic N) is 3. The van der Waals surface area contributed by atoms with Crippen LogP contribution in [0.15, 0.2) is 59.6 Å². The number of rotatable bonds is 2. The van der Waals surface area contributed by atoms with Gasteiger partial charge in [0.25, 0.3) is 5.91 Å². The Morgan fingerprint density at radius 1 is 1.14 bits per heavy atom. The van der Waals surface area contributed by atoms with Crippen LogP contribution < -0.4 is 14.9 Å². The Hall–Kier alpha value is -3.13. The van der Waals surface area contributed by atoms with E-state index in [1.165, 1.54) is 0 Å². The lowest BCUT2D eigenvalue weighted by atomic mass is 9.93. The summed E-state index contributed by atoms with van der Waals surface area (Å²) in [4.78, 5) is 24.6. The monoisotopic (exact) mass is 491 g/mol. The van der Waals surface area contributed by atoms with Gasteiger partial charge in [0.1, 0.15) is 16.7 Å². The fraction of sp³-hybridized carbons (Fsp3) is 0.370. The highest BCUT2D eigenvalue weighted by Gasteiger charge is 2.40. The molecule has 1 aromatic carbocycles. The Balaban J connectivity index is 1.55. The van der Waals surface area contributed by atoms with Crippen molar-refractivity contribution in [2.45, 2.75) is 50.1 Å². The maximum Gasteiger partial charge on any atom is 0.265 e. The zero-order chi connectivity index (χ0) is 24.4. The minimum absolute atomic E-state index is 0.233. The summed E-state index contributed by atoms with van der Waals surface area (Å²) >= 11 is 1.16. The molecule has 182 valence electrons. The number of carbonyl (C=O) groups is 1. The highest BCUT2D eigenvalue weighted by molar-refractivity contribution is 7.97. The quantitative estimate of drug-likeness (QED) is 0.367. The Kier molecular flexibility index (Phi) is 6.65. The van der Waals surface area contributed by atoms with Gasteiger partial charge in [-0.15, -0.1) is 0 Å². The van der Waals surface area contributed by atoms with Gasteiger partial charge in [0.2, 0.25) is 5.95 Å². The number of hydrogen-bond donors (Lipinski definition) is 2. The molecule has 1 fully saturated rings. The molecule has 3 aromatic rings. The number of benzene rings is 1. The maximum atomic E-state index is 15.3. The van der Waals surface area contributed by atoms with Gasteiger partial charge >= 0.3 is 0 Å². The molecule has 0 radical (unpaired) electrons. The minimum atomic E-state index is -0.524. The number of aromatic nitrogens is 2. The second-order valence-corrected chi connectivity index (χ2v) is 10.8. The summed E-state index contributed by atoms with van der Waals surface area (Å²) in [5, 5.41) is 4.07. The van der Waals surface area contributed by atoms with Crippen LogP contribution in [0.3, 0.4) is 0 Å². The van der Waals surface area contributed by atoms with Crippen molar-refractivity contribution in [1.29, 1.82) is 0 Å². The van der Waals surface area contributed by atoms with Crippen LogP contribution in [0, 0.1) is 11.9 Å². The van der Waals surface area contributed by atoms with Crippen molar-refractivity contribution >= 4 is 29.5 Å². The van der Waals surface area contributed by atoms with E-state index in [9.17, 15) is 4.79 Å². The van der Waals surface area contributed by atoms with Crippen molar-refractivity contribution in [2.75, 3.05) is 23.3 Å². The van der Waals surface area contributed by atoms with E-state index in [1.807, 2.05) is 48.5 Å². The molecule has 2 N–H and O–H groups in total. The van der Waals surface area contributed by atoms with E-state index in [-0.39, 0.29) is 11.4 Å². The Labute approximate surface area is 209 Å². The number of fused-ring (bicyclic) bond motifs is 6. The van der Waals surface area contributed by atoms with Gasteiger partial charge in [0.15, 0.2) is 0 Å². The summed E-state index contributed by atoms with van der Waals surface area (Å²) in [7, 11) is 0. The molecule has 0 spiro atoms. The largest absolute Gasteiger partial charge is 0.370 e. The third-order valence-electron chi connectivity index (χ3n) is 6.79. The Bertz CT molecular complexity index is 1220. The topological polar surface area (TPSA) is 70.1 Å². The lowest BCUT2D eigenvalue weighted by molar-refractivity contribution is 0.0984. The number of pyridine rings is 2. The summed E-state index contributed by atoms with van der Waals surface area (Å²) in [6, 6.07) is 17.1. The molecular weight excluding hydrogens is 461 g/mol. The lowest BCUT2D eigenvalue weighted by Gasteiger charge is -2.34. The van der Waals surface area contributed by atoms with Crippen LogP contribution in [0.25, 0.3) is 0 Å². The zero-order valence-electron chi connectivity index (χ0n) is 20.1. The predicted molar refractivity (Wildman–Crippen MR) is 138 cm³/mol. The molecular formula is C27H30FN5OS. The molecule has 1 atom stereocenters. The molecule has 4 bridgehead atoms. The van der Waals surface area contributed by atoms with Crippen molar-refractivity contribution < 1.29 is 9.18 Å². The molecule has 1 saturated heterocycles. The molecule has 1 amide bonds. The molecule has 2 aromatic heterocycles. The first-order chi connectivity index (χ1) is 16.9. The van der Waals surface area contributed by atoms with E-state index in [1.54, 1.807) is 6.07 Å². The smallest absolute Gasteiger partial charge is 0.265 e. The van der Waals surface area contributed by atoms with Gasteiger partial charge in [-0.25, -0.2) is 9.97 Å². The summed E-state index contributed by atoms with van der Waals surface area (Å²) in [5.41, 5.74) is 1.53. The van der Waals surface area contributed by atoms with Crippen LogP contribution in [-0.2, 0) is 6.42 Å². The highest BCUT2D eigenvalue weighted by Crippen LogP contribution is 2.40. The summed E-state index contributed by atoms with van der Waals surface area (Å²) in [6.07, 6.45) is 3.38. The first-order valence-electron chi connectivity index (χ1n) is 12.1. The summed E-state index contributed by atoms with van der Waals surface area (Å²) in [6.45, 7) is 5.88. The fourth-order valence-electron chi connectivity index (χ4n) is 5.12. The molecule has 35 heavy (non-hydrogen) atoms. The number of amides is 1. The standard InChI is InChI=1S/C27H30FN5OS/c1-27(2)16-19-10-7-13-29-22-11-6-12-23(30-22)35-32-26(34)21-15-20(14-18-8-4-3-5-9-18)24(28)31-25(21)33(27)17-19/h3-6,8-9,11-12,15,19H,7,10,13-14,16-17H2,1-2H3,(H,29,30)(H,32,34)/t19-/m0/s1. The van der Waals surface area contributed by atoms with Crippen molar-refractivity contribution in [3.8, 4) is 0 Å². The molecule has 0 unspecified atom stereocenters. The molecule has 0 aliphatic carbocycles. The third-order valence-corrected chi connectivity index (χ3v) is 7.52. The first-order valence-corrected chi connectivity index (χ1v) is 12.9. The van der Waals surface area contributed by atoms with Gasteiger partial charge < -0.3 is 10.2 Å². The molecule has 4 heterocycles. The van der Waals surface area contributed by atoms with E-state index in [4.69, 9.17) is 0 Å². The van der Waals surface area contributed by atoms with Crippen molar-refractivity contribution in [3.05, 3.63) is 77.2 Å². The molecule has 2 aliphatic rings. The van der Waals surface area contributed by atoms with Crippen LogP contribution in [-0.4, -0.2) is 34.5 Å². The number of hydrogen-bond acceptors (Lipinski definition) is 6. The average molecular weight is 492 g/mol. The van der Waals surface area contributed by atoms with E-state index >= 15 is 4.39 Å². The van der Waals surface area contributed by atoms with Gasteiger partial charge in [0.05, 0.1) is 5.56 Å². The van der Waals surface area contributed by atoms with Gasteiger partial charge in [-0.05, 0) is 62.8 Å². The van der Waals surface area contributed by atoms with Crippen LogP contribution in [0.4, 0.5) is 16.0 Å². The molecule has 5 rings (SSSR count). The first kappa shape index (κ1) is 23.6. The second kappa shape index (κ2) is 9.85. The van der Waals surface area contributed by atoms with Crippen LogP contribution >= 0.6 is 11.9 Å². The van der Waals surface area contributed by atoms with Crippen molar-refractivity contribution in [1.82, 2.24) is 14.7 Å². The van der Waals surface area contributed by atoms with E-state index in [2.05, 4.69) is 38.8 Å². The van der Waals surface area contributed by atoms with E-state index in [0.717, 1.165) is 55.7 Å². The van der Waals surface area contributed by atoms with Gasteiger partial charge in [-0.2, -0.15) is 4.39 Å². The van der Waals surface area contributed by atoms with Gasteiger partial charge in [0, 0.05) is 42.6 Å². The second-order valence-electron chi connectivity index (χ2n) is 9.93. The van der Waals surface area contributed by atoms with Crippen LogP contribution in [0.1, 0.15) is 54.6 Å². The lowest BCUT2D eigenvalue weighted by Crippen LogP contribution is -2.40. The molecule has 2 aliphatic heterocycles. The van der Waals surface area contributed by atoms with Crippen molar-refractivity contribution in [2.24, 2.45) is 5.92 Å². The average Bonchev–Trinajstić information content (AvgIpc) is 3.15. The third kappa shape index (κ3) is 5.27. The SMILES string of the molecule is CC1(C)C[C@@H]2CCCNc3cccc(n3)SNC(=O)c3cc(Cc4ccccc4)c(F)nc3N1C2.